The molecule has 2 rings (SSSR count). The van der Waals surface area contributed by atoms with Crippen LogP contribution in [0.4, 0.5) is 16.2 Å². The van der Waals surface area contributed by atoms with Gasteiger partial charge in [-0.25, -0.2) is 4.79 Å². The van der Waals surface area contributed by atoms with Gasteiger partial charge in [-0.05, 0) is 42.2 Å². The molecule has 0 atom stereocenters. The number of carbonyl (C=O) groups is 1. The van der Waals surface area contributed by atoms with E-state index >= 15 is 0 Å². The van der Waals surface area contributed by atoms with E-state index in [2.05, 4.69) is 24.5 Å². The fraction of sp³-hybridized carbons (Fsp3) is 0.235. The number of nitrogens with one attached hydrogen (secondary N) is 2. The molecule has 2 aromatic carbocycles. The first-order valence-electron chi connectivity index (χ1n) is 6.80. The molecule has 0 aliphatic carbocycles. The van der Waals surface area contributed by atoms with Crippen LogP contribution in [0, 0.1) is 6.92 Å². The summed E-state index contributed by atoms with van der Waals surface area (Å²) >= 11 is 0. The second-order valence-electron chi connectivity index (χ2n) is 5.19. The molecule has 0 radical (unpaired) electrons. The van der Waals surface area contributed by atoms with Gasteiger partial charge in [0.1, 0.15) is 0 Å². The Kier molecular flexibility index (Phi) is 4.41. The summed E-state index contributed by atoms with van der Waals surface area (Å²) in [7, 11) is 0. The van der Waals surface area contributed by atoms with Gasteiger partial charge in [0, 0.05) is 11.4 Å². The molecule has 0 heterocycles. The van der Waals surface area contributed by atoms with E-state index in [-0.39, 0.29) is 6.03 Å². The number of aryl methyl sites for hydroxylation is 1. The molecule has 0 spiro atoms. The van der Waals surface area contributed by atoms with E-state index in [1.165, 1.54) is 0 Å². The van der Waals surface area contributed by atoms with Crippen molar-refractivity contribution in [3.63, 3.8) is 0 Å². The van der Waals surface area contributed by atoms with E-state index in [1.807, 2.05) is 55.5 Å². The first kappa shape index (κ1) is 14.1. The van der Waals surface area contributed by atoms with Crippen molar-refractivity contribution in [3.05, 3.63) is 59.7 Å². The lowest BCUT2D eigenvalue weighted by Crippen LogP contribution is -2.20. The molecule has 0 saturated carbocycles. The average Bonchev–Trinajstić information content (AvgIpc) is 2.38. The van der Waals surface area contributed by atoms with Gasteiger partial charge in [-0.15, -0.1) is 0 Å². The molecule has 0 aliphatic rings. The Labute approximate surface area is 120 Å². The molecule has 104 valence electrons. The third-order valence-electron chi connectivity index (χ3n) is 3.11. The van der Waals surface area contributed by atoms with Gasteiger partial charge in [0.25, 0.3) is 0 Å². The van der Waals surface area contributed by atoms with Crippen molar-refractivity contribution in [2.24, 2.45) is 0 Å². The van der Waals surface area contributed by atoms with E-state index < -0.39 is 0 Å². The lowest BCUT2D eigenvalue weighted by molar-refractivity contribution is 0.262. The molecular formula is C17H20N2O. The highest BCUT2D eigenvalue weighted by molar-refractivity contribution is 6.00. The molecule has 3 heteroatoms. The number of carbonyl (C=O) groups excluding carboxylic acids is 1. The van der Waals surface area contributed by atoms with Gasteiger partial charge < -0.3 is 10.6 Å². The summed E-state index contributed by atoms with van der Waals surface area (Å²) in [6, 6.07) is 15.4. The second-order valence-corrected chi connectivity index (χ2v) is 5.19. The molecule has 0 aromatic heterocycles. The zero-order valence-electron chi connectivity index (χ0n) is 12.1. The Hall–Kier alpha value is -2.29. The van der Waals surface area contributed by atoms with Crippen LogP contribution in [-0.2, 0) is 0 Å². The summed E-state index contributed by atoms with van der Waals surface area (Å²) in [5, 5.41) is 5.76. The van der Waals surface area contributed by atoms with Crippen molar-refractivity contribution < 1.29 is 4.79 Å². The summed E-state index contributed by atoms with van der Waals surface area (Å²) in [6.45, 7) is 6.22. The number of hydrogen-bond acceptors (Lipinski definition) is 1. The Morgan fingerprint density at radius 3 is 2.45 bits per heavy atom. The minimum atomic E-state index is -0.219. The first-order valence-corrected chi connectivity index (χ1v) is 6.80. The van der Waals surface area contributed by atoms with Gasteiger partial charge in [-0.3, -0.25) is 0 Å². The zero-order chi connectivity index (χ0) is 14.5. The maximum Gasteiger partial charge on any atom is 0.323 e. The molecule has 2 aromatic rings. The van der Waals surface area contributed by atoms with Crippen LogP contribution in [-0.4, -0.2) is 6.03 Å². The Bertz CT molecular complexity index is 605. The molecule has 0 fully saturated rings. The molecule has 20 heavy (non-hydrogen) atoms. The van der Waals surface area contributed by atoms with Gasteiger partial charge >= 0.3 is 6.03 Å². The standard InChI is InChI=1S/C17H20N2O/c1-12(2)15-9-4-5-10-16(15)19-17(20)18-14-8-6-7-13(3)11-14/h4-12H,1-3H3,(H2,18,19,20). The van der Waals surface area contributed by atoms with E-state index in [0.717, 1.165) is 22.5 Å². The van der Waals surface area contributed by atoms with Gasteiger partial charge in [-0.1, -0.05) is 44.2 Å². The molecule has 2 N–H and O–H groups in total. The summed E-state index contributed by atoms with van der Waals surface area (Å²) < 4.78 is 0. The number of urea groups is 1. The van der Waals surface area contributed by atoms with E-state index in [0.29, 0.717) is 5.92 Å². The van der Waals surface area contributed by atoms with Crippen LogP contribution < -0.4 is 10.6 Å². The first-order chi connectivity index (χ1) is 9.56. The van der Waals surface area contributed by atoms with Gasteiger partial charge in [0.15, 0.2) is 0 Å². The quantitative estimate of drug-likeness (QED) is 0.827. The molecule has 2 amide bonds. The minimum absolute atomic E-state index is 0.219. The summed E-state index contributed by atoms with van der Waals surface area (Å²) in [6.07, 6.45) is 0. The summed E-state index contributed by atoms with van der Waals surface area (Å²) in [5.41, 5.74) is 3.90. The third kappa shape index (κ3) is 3.60. The zero-order valence-corrected chi connectivity index (χ0v) is 12.1. The monoisotopic (exact) mass is 268 g/mol. The number of rotatable bonds is 3. The smallest absolute Gasteiger partial charge is 0.308 e. The maximum atomic E-state index is 12.0. The number of amides is 2. The van der Waals surface area contributed by atoms with Crippen LogP contribution in [0.25, 0.3) is 0 Å². The van der Waals surface area contributed by atoms with Gasteiger partial charge in [0.05, 0.1) is 0 Å². The fourth-order valence-electron chi connectivity index (χ4n) is 2.12. The Morgan fingerprint density at radius 2 is 1.75 bits per heavy atom. The van der Waals surface area contributed by atoms with E-state index in [4.69, 9.17) is 0 Å². The molecule has 0 bridgehead atoms. The Balaban J connectivity index is 2.09. The maximum absolute atomic E-state index is 12.0. The van der Waals surface area contributed by atoms with Crippen molar-refractivity contribution in [2.45, 2.75) is 26.7 Å². The number of anilines is 2. The lowest BCUT2D eigenvalue weighted by Gasteiger charge is -2.14. The average molecular weight is 268 g/mol. The summed E-state index contributed by atoms with van der Waals surface area (Å²) in [4.78, 5) is 12.0. The van der Waals surface area contributed by atoms with Crippen molar-refractivity contribution in [1.29, 1.82) is 0 Å². The van der Waals surface area contributed by atoms with Crippen LogP contribution >= 0.6 is 0 Å². The molecular weight excluding hydrogens is 248 g/mol. The number of hydrogen-bond donors (Lipinski definition) is 2. The molecule has 0 unspecified atom stereocenters. The summed E-state index contributed by atoms with van der Waals surface area (Å²) in [5.74, 6) is 0.366. The normalized spacial score (nSPS) is 10.4. The van der Waals surface area contributed by atoms with Gasteiger partial charge in [0.2, 0.25) is 0 Å². The Morgan fingerprint density at radius 1 is 1.00 bits per heavy atom. The SMILES string of the molecule is Cc1cccc(NC(=O)Nc2ccccc2C(C)C)c1. The van der Waals surface area contributed by atoms with E-state index in [1.54, 1.807) is 0 Å². The highest BCUT2D eigenvalue weighted by Gasteiger charge is 2.09. The predicted octanol–water partition coefficient (Wildman–Crippen LogP) is 4.76. The van der Waals surface area contributed by atoms with Crippen molar-refractivity contribution >= 4 is 17.4 Å². The van der Waals surface area contributed by atoms with Crippen molar-refractivity contribution in [3.8, 4) is 0 Å². The second kappa shape index (κ2) is 6.24. The van der Waals surface area contributed by atoms with Crippen LogP contribution in [0.1, 0.15) is 30.9 Å². The van der Waals surface area contributed by atoms with Crippen LogP contribution in [0.5, 0.6) is 0 Å². The van der Waals surface area contributed by atoms with Crippen LogP contribution in [0.3, 0.4) is 0 Å². The minimum Gasteiger partial charge on any atom is -0.308 e. The largest absolute Gasteiger partial charge is 0.323 e. The lowest BCUT2D eigenvalue weighted by atomic mass is 10.0. The topological polar surface area (TPSA) is 41.1 Å². The fourth-order valence-corrected chi connectivity index (χ4v) is 2.12. The van der Waals surface area contributed by atoms with E-state index in [9.17, 15) is 4.79 Å². The van der Waals surface area contributed by atoms with Crippen molar-refractivity contribution in [2.75, 3.05) is 10.6 Å². The third-order valence-corrected chi connectivity index (χ3v) is 3.11. The predicted molar refractivity (Wildman–Crippen MR) is 84.4 cm³/mol. The molecule has 0 saturated heterocycles. The highest BCUT2D eigenvalue weighted by Crippen LogP contribution is 2.23. The van der Waals surface area contributed by atoms with Gasteiger partial charge in [-0.2, -0.15) is 0 Å². The molecule has 0 aliphatic heterocycles. The highest BCUT2D eigenvalue weighted by atomic mass is 16.2. The number of benzene rings is 2. The number of para-hydroxylation sites is 1. The van der Waals surface area contributed by atoms with Crippen LogP contribution in [0.2, 0.25) is 0 Å². The van der Waals surface area contributed by atoms with Crippen molar-refractivity contribution in [1.82, 2.24) is 0 Å². The van der Waals surface area contributed by atoms with Crippen LogP contribution in [0.15, 0.2) is 48.5 Å². The molecule has 3 nitrogen and oxygen atoms in total.